The third-order valence-electron chi connectivity index (χ3n) is 2.28. The SMILES string of the molecule is C=C\C=C/C(C)=C(C=C)/C(C=C)=C(\C)N=NC=C. The van der Waals surface area contributed by atoms with Crippen LogP contribution in [0.25, 0.3) is 0 Å². The Balaban J connectivity index is 5.75. The summed E-state index contributed by atoms with van der Waals surface area (Å²) in [5.41, 5.74) is 3.71. The molecule has 0 rings (SSSR count). The van der Waals surface area contributed by atoms with Gasteiger partial charge in [0.1, 0.15) is 0 Å². The molecule has 0 heterocycles. The highest BCUT2D eigenvalue weighted by Gasteiger charge is 2.04. The van der Waals surface area contributed by atoms with E-state index in [4.69, 9.17) is 0 Å². The van der Waals surface area contributed by atoms with E-state index in [9.17, 15) is 0 Å². The van der Waals surface area contributed by atoms with Crippen LogP contribution in [0.5, 0.6) is 0 Å². The molecule has 94 valence electrons. The summed E-state index contributed by atoms with van der Waals surface area (Å²) in [6.45, 7) is 18.7. The van der Waals surface area contributed by atoms with E-state index in [-0.39, 0.29) is 0 Å². The van der Waals surface area contributed by atoms with Crippen molar-refractivity contribution in [3.8, 4) is 0 Å². The first-order valence-electron chi connectivity index (χ1n) is 5.60. The minimum absolute atomic E-state index is 0.770. The van der Waals surface area contributed by atoms with E-state index in [1.165, 1.54) is 6.20 Å². The van der Waals surface area contributed by atoms with Crippen LogP contribution in [0.3, 0.4) is 0 Å². The first kappa shape index (κ1) is 15.8. The summed E-state index contributed by atoms with van der Waals surface area (Å²) in [4.78, 5) is 0. The van der Waals surface area contributed by atoms with Gasteiger partial charge < -0.3 is 0 Å². The number of azo groups is 1. The van der Waals surface area contributed by atoms with E-state index in [1.807, 2.05) is 26.0 Å². The molecule has 0 bridgehead atoms. The molecule has 0 saturated heterocycles. The summed E-state index contributed by atoms with van der Waals surface area (Å²) in [6.07, 6.45) is 10.5. The van der Waals surface area contributed by atoms with Gasteiger partial charge in [-0.2, -0.15) is 10.2 Å². The van der Waals surface area contributed by atoms with Crippen molar-refractivity contribution in [2.75, 3.05) is 0 Å². The molecule has 18 heavy (non-hydrogen) atoms. The Labute approximate surface area is 110 Å². The van der Waals surface area contributed by atoms with Crippen molar-refractivity contribution >= 4 is 0 Å². The molecule has 0 aliphatic carbocycles. The van der Waals surface area contributed by atoms with Crippen molar-refractivity contribution in [1.29, 1.82) is 0 Å². The molecular weight excluding hydrogens is 220 g/mol. The standard InChI is InChI=1S/C16H20N2/c1-7-11-12-13(5)15(8-2)16(9-3)14(6)18-17-10-4/h7-12H,1-4H2,5-6H3/b12-11-,15-13+,16-14+,18-17?. The van der Waals surface area contributed by atoms with Crippen LogP contribution in [0.15, 0.2) is 95.5 Å². The van der Waals surface area contributed by atoms with Crippen LogP contribution in [0, 0.1) is 0 Å². The predicted molar refractivity (Wildman–Crippen MR) is 80.2 cm³/mol. The highest BCUT2D eigenvalue weighted by atomic mass is 15.1. The summed E-state index contributed by atoms with van der Waals surface area (Å²) < 4.78 is 0. The Bertz CT molecular complexity index is 413. The third-order valence-corrected chi connectivity index (χ3v) is 2.28. The Morgan fingerprint density at radius 3 is 2.00 bits per heavy atom. The Kier molecular flexibility index (Phi) is 7.78. The van der Waals surface area contributed by atoms with Crippen molar-refractivity contribution < 1.29 is 0 Å². The molecule has 0 aromatic heterocycles. The van der Waals surface area contributed by atoms with Gasteiger partial charge in [0.15, 0.2) is 0 Å². The lowest BCUT2D eigenvalue weighted by atomic mass is 9.99. The second kappa shape index (κ2) is 8.88. The molecule has 0 amide bonds. The molecule has 0 N–H and O–H groups in total. The number of nitrogens with zero attached hydrogens (tertiary/aromatic N) is 2. The van der Waals surface area contributed by atoms with Gasteiger partial charge in [-0.05, 0) is 25.0 Å². The maximum absolute atomic E-state index is 4.03. The molecule has 0 aliphatic rings. The van der Waals surface area contributed by atoms with E-state index < -0.39 is 0 Å². The molecule has 0 aliphatic heterocycles. The second-order valence-corrected chi connectivity index (χ2v) is 3.50. The summed E-state index contributed by atoms with van der Waals surface area (Å²) in [7, 11) is 0. The zero-order chi connectivity index (χ0) is 14.0. The predicted octanol–water partition coefficient (Wildman–Crippen LogP) is 5.29. The van der Waals surface area contributed by atoms with Gasteiger partial charge in [-0.15, -0.1) is 0 Å². The van der Waals surface area contributed by atoms with E-state index in [2.05, 4.69) is 36.5 Å². The zero-order valence-corrected chi connectivity index (χ0v) is 11.2. The van der Waals surface area contributed by atoms with Crippen LogP contribution in [-0.2, 0) is 0 Å². The summed E-state index contributed by atoms with van der Waals surface area (Å²) >= 11 is 0. The topological polar surface area (TPSA) is 24.7 Å². The molecule has 0 unspecified atom stereocenters. The fourth-order valence-corrected chi connectivity index (χ4v) is 1.42. The van der Waals surface area contributed by atoms with Gasteiger partial charge in [-0.25, -0.2) is 0 Å². The molecule has 0 aromatic rings. The molecular formula is C16H20N2. The van der Waals surface area contributed by atoms with Crippen LogP contribution >= 0.6 is 0 Å². The number of rotatable bonds is 7. The largest absolute Gasteiger partial charge is 0.160 e. The lowest BCUT2D eigenvalue weighted by Gasteiger charge is -2.08. The molecule has 0 fully saturated rings. The van der Waals surface area contributed by atoms with Gasteiger partial charge in [0, 0.05) is 11.8 Å². The first-order valence-corrected chi connectivity index (χ1v) is 5.60. The van der Waals surface area contributed by atoms with Gasteiger partial charge in [0.2, 0.25) is 0 Å². The molecule has 2 nitrogen and oxygen atoms in total. The Morgan fingerprint density at radius 1 is 0.944 bits per heavy atom. The van der Waals surface area contributed by atoms with Gasteiger partial charge in [0.05, 0.1) is 5.70 Å². The van der Waals surface area contributed by atoms with Crippen molar-refractivity contribution in [3.05, 3.63) is 85.3 Å². The average molecular weight is 240 g/mol. The smallest absolute Gasteiger partial charge is 0.0677 e. The quantitative estimate of drug-likeness (QED) is 0.427. The highest BCUT2D eigenvalue weighted by Crippen LogP contribution is 2.22. The maximum atomic E-state index is 4.03. The van der Waals surface area contributed by atoms with Crippen LogP contribution in [0.2, 0.25) is 0 Å². The molecule has 0 spiro atoms. The number of hydrogen-bond acceptors (Lipinski definition) is 2. The monoisotopic (exact) mass is 240 g/mol. The Morgan fingerprint density at radius 2 is 1.56 bits per heavy atom. The van der Waals surface area contributed by atoms with Crippen LogP contribution < -0.4 is 0 Å². The minimum Gasteiger partial charge on any atom is -0.160 e. The lowest BCUT2D eigenvalue weighted by molar-refractivity contribution is 1.10. The van der Waals surface area contributed by atoms with Gasteiger partial charge in [0.25, 0.3) is 0 Å². The highest BCUT2D eigenvalue weighted by molar-refractivity contribution is 5.52. The zero-order valence-electron chi connectivity index (χ0n) is 11.2. The lowest BCUT2D eigenvalue weighted by Crippen LogP contribution is -1.90. The molecule has 0 radical (unpaired) electrons. The summed E-state index contributed by atoms with van der Waals surface area (Å²) in [5.74, 6) is 0. The van der Waals surface area contributed by atoms with Crippen LogP contribution in [-0.4, -0.2) is 0 Å². The van der Waals surface area contributed by atoms with Crippen molar-refractivity contribution in [2.45, 2.75) is 13.8 Å². The van der Waals surface area contributed by atoms with Crippen molar-refractivity contribution in [3.63, 3.8) is 0 Å². The van der Waals surface area contributed by atoms with Gasteiger partial charge >= 0.3 is 0 Å². The van der Waals surface area contributed by atoms with Gasteiger partial charge in [-0.1, -0.05) is 56.7 Å². The fourth-order valence-electron chi connectivity index (χ4n) is 1.42. The van der Waals surface area contributed by atoms with E-state index >= 15 is 0 Å². The summed E-state index contributed by atoms with van der Waals surface area (Å²) in [5, 5.41) is 7.81. The van der Waals surface area contributed by atoms with Gasteiger partial charge in [-0.3, -0.25) is 0 Å². The van der Waals surface area contributed by atoms with Crippen LogP contribution in [0.1, 0.15) is 13.8 Å². The first-order chi connectivity index (χ1) is 8.62. The van der Waals surface area contributed by atoms with Crippen molar-refractivity contribution in [1.82, 2.24) is 0 Å². The number of allylic oxidation sites excluding steroid dienone is 9. The average Bonchev–Trinajstić information content (AvgIpc) is 2.39. The normalized spacial score (nSPS) is 14.1. The summed E-state index contributed by atoms with van der Waals surface area (Å²) in [6, 6.07) is 0. The Hall–Kier alpha value is -2.22. The maximum Gasteiger partial charge on any atom is 0.0677 e. The molecule has 0 atom stereocenters. The van der Waals surface area contributed by atoms with Crippen molar-refractivity contribution in [2.24, 2.45) is 10.2 Å². The van der Waals surface area contributed by atoms with E-state index in [1.54, 1.807) is 18.2 Å². The minimum atomic E-state index is 0.770. The molecule has 0 aromatic carbocycles. The second-order valence-electron chi connectivity index (χ2n) is 3.50. The fraction of sp³-hybridized carbons (Fsp3) is 0.125. The molecule has 0 saturated carbocycles. The molecule has 2 heteroatoms. The third kappa shape index (κ3) is 4.74. The number of hydrogen-bond donors (Lipinski definition) is 0. The van der Waals surface area contributed by atoms with E-state index in [0.717, 1.165) is 22.4 Å². The van der Waals surface area contributed by atoms with E-state index in [0.29, 0.717) is 0 Å². The van der Waals surface area contributed by atoms with Crippen LogP contribution in [0.4, 0.5) is 0 Å².